The van der Waals surface area contributed by atoms with Gasteiger partial charge in [-0.15, -0.1) is 0 Å². The van der Waals surface area contributed by atoms with Crippen LogP contribution in [0.1, 0.15) is 135 Å². The van der Waals surface area contributed by atoms with Gasteiger partial charge in [-0.1, -0.05) is 139 Å². The topological polar surface area (TPSA) is 52.0 Å². The van der Waals surface area contributed by atoms with E-state index in [1.54, 1.807) is 11.1 Å². The number of benzene rings is 4. The summed E-state index contributed by atoms with van der Waals surface area (Å²) in [5.41, 5.74) is 25.2. The third-order valence-electron chi connectivity index (χ3n) is 9.58. The van der Waals surface area contributed by atoms with E-state index >= 15 is 0 Å². The predicted molar refractivity (Wildman–Crippen MR) is 202 cm³/mol. The van der Waals surface area contributed by atoms with E-state index in [1.165, 1.54) is 123 Å². The van der Waals surface area contributed by atoms with Crippen molar-refractivity contribution >= 4 is 11.4 Å². The van der Waals surface area contributed by atoms with Gasteiger partial charge in [-0.2, -0.15) is 0 Å². The summed E-state index contributed by atoms with van der Waals surface area (Å²) in [4.78, 5) is 0. The molecule has 4 rings (SSSR count). The Balaban J connectivity index is 1.48. The number of hydrogen-bond acceptors (Lipinski definition) is 2. The molecule has 0 heterocycles. The van der Waals surface area contributed by atoms with Crippen molar-refractivity contribution in [3.63, 3.8) is 0 Å². The van der Waals surface area contributed by atoms with E-state index in [2.05, 4.69) is 74.5 Å². The van der Waals surface area contributed by atoms with Crippen LogP contribution >= 0.6 is 0 Å². The van der Waals surface area contributed by atoms with Crippen LogP contribution in [0.3, 0.4) is 0 Å². The largest absolute Gasteiger partial charge is 0.399 e. The molecule has 2 heteroatoms. The molecule has 4 aromatic rings. The number of rotatable bonds is 21. The van der Waals surface area contributed by atoms with Gasteiger partial charge in [-0.25, -0.2) is 0 Å². The van der Waals surface area contributed by atoms with Crippen molar-refractivity contribution in [1.82, 2.24) is 0 Å². The van der Waals surface area contributed by atoms with Crippen molar-refractivity contribution in [2.75, 3.05) is 11.5 Å². The predicted octanol–water partition coefficient (Wildman–Crippen LogP) is 11.6. The van der Waals surface area contributed by atoms with E-state index < -0.39 is 0 Å². The van der Waals surface area contributed by atoms with Crippen LogP contribution in [0.25, 0.3) is 0 Å². The zero-order valence-electron chi connectivity index (χ0n) is 29.0. The minimum atomic E-state index is 0.831. The van der Waals surface area contributed by atoms with Crippen molar-refractivity contribution in [3.05, 3.63) is 129 Å². The van der Waals surface area contributed by atoms with Gasteiger partial charge in [-0.05, 0) is 120 Å². The number of aryl methyl sites for hydroxylation is 4. The third kappa shape index (κ3) is 12.3. The molecule has 0 atom stereocenters. The quantitative estimate of drug-likeness (QED) is 0.0723. The maximum Gasteiger partial charge on any atom is 0.0314 e. The smallest absolute Gasteiger partial charge is 0.0314 e. The van der Waals surface area contributed by atoms with Crippen LogP contribution < -0.4 is 11.5 Å². The molecule has 0 saturated heterocycles. The molecule has 0 aromatic heterocycles. The zero-order valence-corrected chi connectivity index (χ0v) is 29.0. The summed E-state index contributed by atoms with van der Waals surface area (Å²) < 4.78 is 0. The van der Waals surface area contributed by atoms with E-state index in [1.807, 2.05) is 24.3 Å². The Kier molecular flexibility index (Phi) is 15.3. The van der Waals surface area contributed by atoms with E-state index in [-0.39, 0.29) is 0 Å². The van der Waals surface area contributed by atoms with Crippen LogP contribution in [0.2, 0.25) is 0 Å². The highest BCUT2D eigenvalue weighted by Gasteiger charge is 2.10. The number of unbranched alkanes of at least 4 members (excludes halogenated alkanes) is 10. The lowest BCUT2D eigenvalue weighted by Gasteiger charge is -2.16. The van der Waals surface area contributed by atoms with Gasteiger partial charge in [0.1, 0.15) is 0 Å². The van der Waals surface area contributed by atoms with Crippen molar-refractivity contribution in [1.29, 1.82) is 0 Å². The number of nitrogen functional groups attached to an aromatic ring is 2. The molecule has 0 aliphatic heterocycles. The Morgan fingerprint density at radius 3 is 1.09 bits per heavy atom. The SMILES string of the molecule is CCCCCCCCc1cc(Cc2ccc(N)cc2)ccc1CCc1ccc(Cc2ccc(N)cc2)cc1CCCCCCCC. The van der Waals surface area contributed by atoms with Crippen molar-refractivity contribution in [3.8, 4) is 0 Å². The summed E-state index contributed by atoms with van der Waals surface area (Å²) in [7, 11) is 0. The molecular weight excluding hydrogens is 556 g/mol. The van der Waals surface area contributed by atoms with E-state index in [9.17, 15) is 0 Å². The lowest BCUT2D eigenvalue weighted by Crippen LogP contribution is -2.03. The monoisotopic (exact) mass is 616 g/mol. The van der Waals surface area contributed by atoms with E-state index in [0.29, 0.717) is 0 Å². The van der Waals surface area contributed by atoms with E-state index in [0.717, 1.165) is 37.1 Å². The molecule has 0 saturated carbocycles. The van der Waals surface area contributed by atoms with Gasteiger partial charge < -0.3 is 11.5 Å². The fourth-order valence-electron chi connectivity index (χ4n) is 6.73. The summed E-state index contributed by atoms with van der Waals surface area (Å²) in [6.07, 6.45) is 22.5. The molecule has 0 spiro atoms. The minimum absolute atomic E-state index is 0.831. The molecular formula is C44H60N2. The van der Waals surface area contributed by atoms with Gasteiger partial charge in [0.25, 0.3) is 0 Å². The molecule has 0 unspecified atom stereocenters. The van der Waals surface area contributed by atoms with Gasteiger partial charge in [-0.3, -0.25) is 0 Å². The van der Waals surface area contributed by atoms with Crippen LogP contribution in [-0.2, 0) is 38.5 Å². The van der Waals surface area contributed by atoms with Crippen LogP contribution in [0, 0.1) is 0 Å². The maximum atomic E-state index is 5.95. The first-order valence-electron chi connectivity index (χ1n) is 18.4. The van der Waals surface area contributed by atoms with Gasteiger partial charge in [0, 0.05) is 11.4 Å². The molecule has 46 heavy (non-hydrogen) atoms. The minimum Gasteiger partial charge on any atom is -0.399 e. The third-order valence-corrected chi connectivity index (χ3v) is 9.58. The molecule has 2 nitrogen and oxygen atoms in total. The summed E-state index contributed by atoms with van der Waals surface area (Å²) >= 11 is 0. The van der Waals surface area contributed by atoms with E-state index in [4.69, 9.17) is 11.5 Å². The summed E-state index contributed by atoms with van der Waals surface area (Å²) in [5, 5.41) is 0. The molecule has 0 bridgehead atoms. The Morgan fingerprint density at radius 2 is 0.696 bits per heavy atom. The molecule has 0 aliphatic rings. The number of nitrogens with two attached hydrogens (primary N) is 2. The Morgan fingerprint density at radius 1 is 0.348 bits per heavy atom. The molecule has 4 N–H and O–H groups in total. The zero-order chi connectivity index (χ0) is 32.4. The molecule has 0 aliphatic carbocycles. The van der Waals surface area contributed by atoms with Crippen LogP contribution in [0.5, 0.6) is 0 Å². The average Bonchev–Trinajstić information content (AvgIpc) is 3.06. The first-order chi connectivity index (χ1) is 22.5. The van der Waals surface area contributed by atoms with Gasteiger partial charge >= 0.3 is 0 Å². The fourth-order valence-corrected chi connectivity index (χ4v) is 6.73. The highest BCUT2D eigenvalue weighted by molar-refractivity contribution is 5.43. The van der Waals surface area contributed by atoms with Gasteiger partial charge in [0.15, 0.2) is 0 Å². The summed E-state index contributed by atoms with van der Waals surface area (Å²) in [5.74, 6) is 0. The second-order valence-corrected chi connectivity index (χ2v) is 13.6. The van der Waals surface area contributed by atoms with Crippen LogP contribution in [0.4, 0.5) is 11.4 Å². The second-order valence-electron chi connectivity index (χ2n) is 13.6. The maximum absolute atomic E-state index is 5.95. The highest BCUT2D eigenvalue weighted by Crippen LogP contribution is 2.24. The summed E-state index contributed by atoms with van der Waals surface area (Å²) in [6, 6.07) is 31.3. The molecule has 246 valence electrons. The second kappa shape index (κ2) is 19.9. The first-order valence-corrected chi connectivity index (χ1v) is 18.4. The lowest BCUT2D eigenvalue weighted by atomic mass is 9.90. The van der Waals surface area contributed by atoms with Crippen LogP contribution in [-0.4, -0.2) is 0 Å². The Hall–Kier alpha value is -3.52. The van der Waals surface area contributed by atoms with Gasteiger partial charge in [0.2, 0.25) is 0 Å². The number of anilines is 2. The molecule has 0 fully saturated rings. The summed E-state index contributed by atoms with van der Waals surface area (Å²) in [6.45, 7) is 4.59. The van der Waals surface area contributed by atoms with Crippen molar-refractivity contribution in [2.45, 2.75) is 129 Å². The van der Waals surface area contributed by atoms with Crippen molar-refractivity contribution in [2.24, 2.45) is 0 Å². The van der Waals surface area contributed by atoms with Crippen molar-refractivity contribution < 1.29 is 0 Å². The molecule has 0 amide bonds. The average molecular weight is 617 g/mol. The normalized spacial score (nSPS) is 11.3. The Bertz CT molecular complexity index is 1310. The molecule has 4 aromatic carbocycles. The van der Waals surface area contributed by atoms with Crippen LogP contribution in [0.15, 0.2) is 84.9 Å². The standard InChI is InChI=1S/C44H60N2/c1-3-5-7-9-11-13-15-41-33-37(31-35-19-27-43(45)28-20-35)17-23-39(41)25-26-40-24-18-38(32-36-21-29-44(46)30-22-36)34-42(40)16-14-12-10-8-6-4-2/h17-24,27-30,33-34H,3-16,25-26,31-32,45-46H2,1-2H3. The Labute approximate surface area is 281 Å². The fraction of sp³-hybridized carbons (Fsp3) is 0.455. The lowest BCUT2D eigenvalue weighted by molar-refractivity contribution is 0.605. The highest BCUT2D eigenvalue weighted by atomic mass is 14.5. The first kappa shape index (κ1) is 35.3. The number of hydrogen-bond donors (Lipinski definition) is 2. The molecule has 0 radical (unpaired) electrons. The van der Waals surface area contributed by atoms with Gasteiger partial charge in [0.05, 0.1) is 0 Å².